The molecule has 2 heterocycles. The summed E-state index contributed by atoms with van der Waals surface area (Å²) in [7, 11) is 0. The standard InChI is InChI=1S/C20H32N2O2S/c1-3-5-6-9-20(24)22-11-10-17(16(4-2)15-22)13-19(23)21-14-18-8-7-12-25-18/h7-8,12,16-17H,3-6,9-11,13-15H2,1-2H3,(H,21,23)/t16-,17-/m0/s1. The van der Waals surface area contributed by atoms with Crippen molar-refractivity contribution in [1.29, 1.82) is 0 Å². The van der Waals surface area contributed by atoms with Gasteiger partial charge in [0, 0.05) is 30.8 Å². The Bertz CT molecular complexity index is 530. The number of likely N-dealkylation sites (tertiary alicyclic amines) is 1. The Morgan fingerprint density at radius 1 is 1.28 bits per heavy atom. The van der Waals surface area contributed by atoms with Crippen molar-refractivity contribution in [2.24, 2.45) is 11.8 Å². The van der Waals surface area contributed by atoms with Crippen LogP contribution in [0.4, 0.5) is 0 Å². The van der Waals surface area contributed by atoms with Gasteiger partial charge in [-0.25, -0.2) is 0 Å². The Morgan fingerprint density at radius 2 is 2.12 bits per heavy atom. The van der Waals surface area contributed by atoms with Crippen LogP contribution in [0, 0.1) is 11.8 Å². The summed E-state index contributed by atoms with van der Waals surface area (Å²) in [5.41, 5.74) is 0. The number of carbonyl (C=O) groups excluding carboxylic acids is 2. The van der Waals surface area contributed by atoms with Gasteiger partial charge < -0.3 is 10.2 Å². The van der Waals surface area contributed by atoms with E-state index < -0.39 is 0 Å². The summed E-state index contributed by atoms with van der Waals surface area (Å²) in [6, 6.07) is 4.05. The molecule has 1 aromatic heterocycles. The summed E-state index contributed by atoms with van der Waals surface area (Å²) in [5.74, 6) is 1.27. The van der Waals surface area contributed by atoms with Crippen LogP contribution in [0.3, 0.4) is 0 Å². The molecule has 0 aromatic carbocycles. The molecule has 1 fully saturated rings. The normalized spacial score (nSPS) is 20.5. The third-order valence-corrected chi connectivity index (χ3v) is 6.13. The zero-order valence-corrected chi connectivity index (χ0v) is 16.4. The van der Waals surface area contributed by atoms with Crippen molar-refractivity contribution >= 4 is 23.2 Å². The third-order valence-electron chi connectivity index (χ3n) is 5.25. The maximum atomic E-state index is 12.3. The fourth-order valence-electron chi connectivity index (χ4n) is 3.63. The molecule has 0 saturated carbocycles. The van der Waals surface area contributed by atoms with Gasteiger partial charge >= 0.3 is 0 Å². The molecule has 1 aliphatic rings. The van der Waals surface area contributed by atoms with Crippen molar-refractivity contribution in [3.63, 3.8) is 0 Å². The predicted molar refractivity (Wildman–Crippen MR) is 103 cm³/mol. The average molecular weight is 365 g/mol. The van der Waals surface area contributed by atoms with E-state index in [0.29, 0.717) is 37.1 Å². The third kappa shape index (κ3) is 6.46. The summed E-state index contributed by atoms with van der Waals surface area (Å²) >= 11 is 1.67. The van der Waals surface area contributed by atoms with Crippen molar-refractivity contribution in [2.75, 3.05) is 13.1 Å². The van der Waals surface area contributed by atoms with E-state index in [-0.39, 0.29) is 5.91 Å². The van der Waals surface area contributed by atoms with Crippen LogP contribution in [0.15, 0.2) is 17.5 Å². The van der Waals surface area contributed by atoms with Crippen LogP contribution >= 0.6 is 11.3 Å². The lowest BCUT2D eigenvalue weighted by Gasteiger charge is -2.38. The number of piperidine rings is 1. The second-order valence-corrected chi connectivity index (χ2v) is 8.11. The second kappa shape index (κ2) is 10.6. The number of thiophene rings is 1. The van der Waals surface area contributed by atoms with Gasteiger partial charge in [-0.15, -0.1) is 11.3 Å². The highest BCUT2D eigenvalue weighted by atomic mass is 32.1. The maximum absolute atomic E-state index is 12.3. The van der Waals surface area contributed by atoms with Crippen molar-refractivity contribution in [3.8, 4) is 0 Å². The highest BCUT2D eigenvalue weighted by Crippen LogP contribution is 2.29. The van der Waals surface area contributed by atoms with E-state index in [4.69, 9.17) is 0 Å². The minimum atomic E-state index is 0.138. The monoisotopic (exact) mass is 364 g/mol. The lowest BCUT2D eigenvalue weighted by molar-refractivity contribution is -0.134. The van der Waals surface area contributed by atoms with Crippen LogP contribution in [-0.2, 0) is 16.1 Å². The molecule has 1 aliphatic heterocycles. The Hall–Kier alpha value is -1.36. The number of unbranched alkanes of at least 4 members (excludes halogenated alkanes) is 2. The van der Waals surface area contributed by atoms with E-state index in [1.54, 1.807) is 11.3 Å². The minimum absolute atomic E-state index is 0.138. The number of hydrogen-bond donors (Lipinski definition) is 1. The summed E-state index contributed by atoms with van der Waals surface area (Å²) < 4.78 is 0. The highest BCUT2D eigenvalue weighted by molar-refractivity contribution is 7.09. The van der Waals surface area contributed by atoms with Gasteiger partial charge in [-0.2, -0.15) is 0 Å². The van der Waals surface area contributed by atoms with Crippen molar-refractivity contribution in [3.05, 3.63) is 22.4 Å². The first-order chi connectivity index (χ1) is 12.1. The Morgan fingerprint density at radius 3 is 2.80 bits per heavy atom. The topological polar surface area (TPSA) is 49.4 Å². The van der Waals surface area contributed by atoms with Gasteiger partial charge in [0.1, 0.15) is 0 Å². The molecular formula is C20H32N2O2S. The number of rotatable bonds is 9. The van der Waals surface area contributed by atoms with Gasteiger partial charge in [-0.3, -0.25) is 9.59 Å². The van der Waals surface area contributed by atoms with Crippen LogP contribution in [0.5, 0.6) is 0 Å². The number of hydrogen-bond acceptors (Lipinski definition) is 3. The quantitative estimate of drug-likeness (QED) is 0.667. The van der Waals surface area contributed by atoms with E-state index in [1.165, 1.54) is 4.88 Å². The molecule has 4 nitrogen and oxygen atoms in total. The zero-order valence-electron chi connectivity index (χ0n) is 15.6. The molecule has 2 atom stereocenters. The zero-order chi connectivity index (χ0) is 18.1. The highest BCUT2D eigenvalue weighted by Gasteiger charge is 2.31. The van der Waals surface area contributed by atoms with Crippen molar-refractivity contribution in [2.45, 2.75) is 65.3 Å². The molecule has 2 amide bonds. The minimum Gasteiger partial charge on any atom is -0.351 e. The second-order valence-electron chi connectivity index (χ2n) is 7.07. The van der Waals surface area contributed by atoms with Gasteiger partial charge in [0.15, 0.2) is 0 Å². The molecule has 0 spiro atoms. The van der Waals surface area contributed by atoms with Crippen LogP contribution < -0.4 is 5.32 Å². The molecule has 0 unspecified atom stereocenters. The van der Waals surface area contributed by atoms with Crippen molar-refractivity contribution < 1.29 is 9.59 Å². The maximum Gasteiger partial charge on any atom is 0.222 e. The Kier molecular flexibility index (Phi) is 8.45. The van der Waals surface area contributed by atoms with Gasteiger partial charge in [0.05, 0.1) is 6.54 Å². The van der Waals surface area contributed by atoms with E-state index in [1.807, 2.05) is 22.4 Å². The molecule has 140 valence electrons. The lowest BCUT2D eigenvalue weighted by atomic mass is 9.81. The summed E-state index contributed by atoms with van der Waals surface area (Å²) in [5, 5.41) is 5.07. The summed E-state index contributed by atoms with van der Waals surface area (Å²) in [6.07, 6.45) is 6.51. The molecule has 0 aliphatic carbocycles. The van der Waals surface area contributed by atoms with Gasteiger partial charge in [-0.1, -0.05) is 39.2 Å². The smallest absolute Gasteiger partial charge is 0.222 e. The lowest BCUT2D eigenvalue weighted by Crippen LogP contribution is -2.44. The molecule has 0 bridgehead atoms. The summed E-state index contributed by atoms with van der Waals surface area (Å²) in [4.78, 5) is 27.8. The number of carbonyl (C=O) groups is 2. The largest absolute Gasteiger partial charge is 0.351 e. The van der Waals surface area contributed by atoms with Crippen LogP contribution in [-0.4, -0.2) is 29.8 Å². The number of nitrogens with one attached hydrogen (secondary N) is 1. The molecule has 1 N–H and O–H groups in total. The fourth-order valence-corrected chi connectivity index (χ4v) is 4.28. The molecule has 2 rings (SSSR count). The van der Waals surface area contributed by atoms with E-state index in [9.17, 15) is 9.59 Å². The molecule has 1 saturated heterocycles. The first-order valence-corrected chi connectivity index (χ1v) is 10.6. The summed E-state index contributed by atoms with van der Waals surface area (Å²) in [6.45, 7) is 6.59. The molecule has 1 aromatic rings. The fraction of sp³-hybridized carbons (Fsp3) is 0.700. The number of amides is 2. The Balaban J connectivity index is 1.76. The van der Waals surface area contributed by atoms with Gasteiger partial charge in [0.2, 0.25) is 11.8 Å². The Labute approximate surface area is 156 Å². The molecule has 25 heavy (non-hydrogen) atoms. The van der Waals surface area contributed by atoms with Crippen molar-refractivity contribution in [1.82, 2.24) is 10.2 Å². The molecular weight excluding hydrogens is 332 g/mol. The first kappa shape index (κ1) is 20.0. The van der Waals surface area contributed by atoms with E-state index >= 15 is 0 Å². The van der Waals surface area contributed by atoms with Crippen LogP contribution in [0.2, 0.25) is 0 Å². The van der Waals surface area contributed by atoms with Crippen LogP contribution in [0.25, 0.3) is 0 Å². The number of nitrogens with zero attached hydrogens (tertiary/aromatic N) is 1. The van der Waals surface area contributed by atoms with Gasteiger partial charge in [-0.05, 0) is 36.1 Å². The van der Waals surface area contributed by atoms with E-state index in [2.05, 4.69) is 19.2 Å². The molecule has 0 radical (unpaired) electrons. The SMILES string of the molecule is CCCCCC(=O)N1CC[C@@H](CC(=O)NCc2cccs2)[C@@H](CC)C1. The van der Waals surface area contributed by atoms with Crippen LogP contribution in [0.1, 0.15) is 63.7 Å². The predicted octanol–water partition coefficient (Wildman–Crippen LogP) is 4.21. The first-order valence-electron chi connectivity index (χ1n) is 9.70. The van der Waals surface area contributed by atoms with E-state index in [0.717, 1.165) is 45.2 Å². The average Bonchev–Trinajstić information content (AvgIpc) is 3.14. The molecule has 5 heteroatoms. The van der Waals surface area contributed by atoms with Gasteiger partial charge in [0.25, 0.3) is 0 Å².